The van der Waals surface area contributed by atoms with E-state index in [1.165, 1.54) is 0 Å². The largest absolute Gasteiger partial charge is 0.460 e. The Morgan fingerprint density at radius 1 is 1.27 bits per heavy atom. The first-order valence-corrected chi connectivity index (χ1v) is 7.07. The van der Waals surface area contributed by atoms with Crippen LogP contribution >= 0.6 is 11.6 Å². The number of rotatable bonds is 4. The lowest BCUT2D eigenvalue weighted by Crippen LogP contribution is -2.25. The molecule has 0 saturated carbocycles. The number of ether oxygens (including phenoxy) is 1. The SMILES string of the molecule is C=C/C(CC(=O)OC(C)(C)C)=C(\C(Cl)=NC)C(F)(F)F.CC. The average Bonchev–Trinajstić information content (AvgIpc) is 2.36. The number of carbonyl (C=O) groups is 1. The predicted molar refractivity (Wildman–Crippen MR) is 84.3 cm³/mol. The molecule has 0 spiro atoms. The van der Waals surface area contributed by atoms with Crippen LogP contribution in [0.1, 0.15) is 41.0 Å². The molecule has 0 aliphatic rings. The summed E-state index contributed by atoms with van der Waals surface area (Å²) in [5, 5.41) is -0.726. The third kappa shape index (κ3) is 8.87. The summed E-state index contributed by atoms with van der Waals surface area (Å²) in [7, 11) is 1.13. The fourth-order valence-electron chi connectivity index (χ4n) is 1.34. The second-order valence-electron chi connectivity index (χ2n) is 4.88. The Labute approximate surface area is 134 Å². The molecule has 0 radical (unpaired) electrons. The van der Waals surface area contributed by atoms with Crippen molar-refractivity contribution in [1.82, 2.24) is 0 Å². The minimum atomic E-state index is -4.73. The van der Waals surface area contributed by atoms with E-state index in [-0.39, 0.29) is 5.57 Å². The van der Waals surface area contributed by atoms with Gasteiger partial charge >= 0.3 is 12.1 Å². The van der Waals surface area contributed by atoms with Crippen LogP contribution in [0.3, 0.4) is 0 Å². The number of alkyl halides is 3. The van der Waals surface area contributed by atoms with Gasteiger partial charge in [0.15, 0.2) is 0 Å². The Bertz CT molecular complexity index is 447. The van der Waals surface area contributed by atoms with Crippen LogP contribution in [-0.4, -0.2) is 30.0 Å². The molecule has 0 rings (SSSR count). The summed E-state index contributed by atoms with van der Waals surface area (Å²) in [4.78, 5) is 14.9. The molecule has 0 fully saturated rings. The molecule has 0 heterocycles. The lowest BCUT2D eigenvalue weighted by Gasteiger charge is -2.20. The van der Waals surface area contributed by atoms with Crippen LogP contribution in [-0.2, 0) is 9.53 Å². The molecule has 0 bridgehead atoms. The predicted octanol–water partition coefficient (Wildman–Crippen LogP) is 5.06. The first-order chi connectivity index (χ1) is 9.92. The highest BCUT2D eigenvalue weighted by molar-refractivity contribution is 6.69. The number of hydrogen-bond acceptors (Lipinski definition) is 3. The van der Waals surface area contributed by atoms with Gasteiger partial charge in [0.1, 0.15) is 10.8 Å². The quantitative estimate of drug-likeness (QED) is 0.407. The Morgan fingerprint density at radius 2 is 1.73 bits per heavy atom. The molecule has 0 unspecified atom stereocenters. The molecule has 0 saturated heterocycles. The summed E-state index contributed by atoms with van der Waals surface area (Å²) in [6, 6.07) is 0. The zero-order chi connectivity index (χ0) is 18.1. The van der Waals surface area contributed by atoms with Gasteiger partial charge in [-0.3, -0.25) is 9.79 Å². The Morgan fingerprint density at radius 3 is 2.00 bits per heavy atom. The maximum absolute atomic E-state index is 13.0. The van der Waals surface area contributed by atoms with Crippen LogP contribution < -0.4 is 0 Å². The maximum atomic E-state index is 13.0. The van der Waals surface area contributed by atoms with Gasteiger partial charge in [0.2, 0.25) is 0 Å². The van der Waals surface area contributed by atoms with Gasteiger partial charge in [-0.25, -0.2) is 0 Å². The number of carbonyl (C=O) groups excluding carboxylic acids is 1. The summed E-state index contributed by atoms with van der Waals surface area (Å²) in [6.07, 6.45) is -4.39. The van der Waals surface area contributed by atoms with Crippen molar-refractivity contribution in [2.24, 2.45) is 4.99 Å². The fourth-order valence-corrected chi connectivity index (χ4v) is 1.57. The first-order valence-electron chi connectivity index (χ1n) is 6.69. The average molecular weight is 342 g/mol. The number of nitrogens with zero attached hydrogens (tertiary/aromatic N) is 1. The van der Waals surface area contributed by atoms with E-state index < -0.39 is 34.9 Å². The van der Waals surface area contributed by atoms with E-state index in [1.807, 2.05) is 13.8 Å². The highest BCUT2D eigenvalue weighted by Crippen LogP contribution is 2.32. The van der Waals surface area contributed by atoms with Crippen molar-refractivity contribution in [2.45, 2.75) is 52.8 Å². The van der Waals surface area contributed by atoms with Gasteiger partial charge in [0.05, 0.1) is 12.0 Å². The molecular weight excluding hydrogens is 319 g/mol. The van der Waals surface area contributed by atoms with Gasteiger partial charge in [-0.05, 0) is 26.3 Å². The Hall–Kier alpha value is -1.30. The number of esters is 1. The van der Waals surface area contributed by atoms with E-state index in [4.69, 9.17) is 16.3 Å². The molecule has 0 aliphatic carbocycles. The molecule has 0 aromatic heterocycles. The normalized spacial score (nSPS) is 13.6. The Kier molecular flexibility index (Phi) is 10.1. The maximum Gasteiger partial charge on any atom is 0.419 e. The van der Waals surface area contributed by atoms with Crippen molar-refractivity contribution >= 4 is 22.7 Å². The van der Waals surface area contributed by atoms with Gasteiger partial charge in [-0.1, -0.05) is 38.1 Å². The molecular formula is C15H23ClF3NO2. The van der Waals surface area contributed by atoms with E-state index >= 15 is 0 Å². The second-order valence-corrected chi connectivity index (χ2v) is 5.24. The molecule has 0 aliphatic heterocycles. The summed E-state index contributed by atoms with van der Waals surface area (Å²) in [5.41, 5.74) is -2.34. The molecule has 0 amide bonds. The second kappa shape index (κ2) is 9.66. The van der Waals surface area contributed by atoms with Crippen molar-refractivity contribution < 1.29 is 22.7 Å². The van der Waals surface area contributed by atoms with Crippen molar-refractivity contribution in [3.8, 4) is 0 Å². The van der Waals surface area contributed by atoms with Crippen molar-refractivity contribution in [1.29, 1.82) is 0 Å². The molecule has 22 heavy (non-hydrogen) atoms. The van der Waals surface area contributed by atoms with Crippen molar-refractivity contribution in [3.05, 3.63) is 23.8 Å². The molecule has 3 nitrogen and oxygen atoms in total. The number of hydrogen-bond donors (Lipinski definition) is 0. The fraction of sp³-hybridized carbons (Fsp3) is 0.600. The smallest absolute Gasteiger partial charge is 0.419 e. The monoisotopic (exact) mass is 341 g/mol. The molecule has 0 atom stereocenters. The molecule has 0 aromatic carbocycles. The third-order valence-corrected chi connectivity index (χ3v) is 2.37. The van der Waals surface area contributed by atoms with Gasteiger partial charge in [0.25, 0.3) is 0 Å². The van der Waals surface area contributed by atoms with Gasteiger partial charge in [-0.2, -0.15) is 13.2 Å². The van der Waals surface area contributed by atoms with Crippen molar-refractivity contribution in [3.63, 3.8) is 0 Å². The van der Waals surface area contributed by atoms with E-state index in [0.29, 0.717) is 0 Å². The van der Waals surface area contributed by atoms with Crippen LogP contribution in [0.15, 0.2) is 28.8 Å². The summed E-state index contributed by atoms with van der Waals surface area (Å²) in [6.45, 7) is 12.1. The zero-order valence-corrected chi connectivity index (χ0v) is 14.5. The van der Waals surface area contributed by atoms with Crippen LogP contribution in [0.25, 0.3) is 0 Å². The van der Waals surface area contributed by atoms with Gasteiger partial charge < -0.3 is 4.74 Å². The van der Waals surface area contributed by atoms with Gasteiger partial charge in [0, 0.05) is 7.05 Å². The highest BCUT2D eigenvalue weighted by Gasteiger charge is 2.39. The van der Waals surface area contributed by atoms with E-state index in [2.05, 4.69) is 11.6 Å². The van der Waals surface area contributed by atoms with Crippen LogP contribution in [0.2, 0.25) is 0 Å². The number of allylic oxidation sites excluding steroid dienone is 2. The lowest BCUT2D eigenvalue weighted by atomic mass is 10.0. The van der Waals surface area contributed by atoms with Crippen molar-refractivity contribution in [2.75, 3.05) is 7.05 Å². The number of aliphatic imine (C=N–C) groups is 1. The Balaban J connectivity index is 0. The molecule has 7 heteroatoms. The standard InChI is InChI=1S/C13H17ClF3NO2.C2H6/c1-6-8(7-9(19)20-12(2,3)4)10(11(14)18-5)13(15,16)17;1-2/h6H,1,7H2,2-5H3;1-2H3/b10-8-,18-11?;. The number of halogens is 4. The van der Waals surface area contributed by atoms with Crippen LogP contribution in [0.5, 0.6) is 0 Å². The minimum absolute atomic E-state index is 0.373. The summed E-state index contributed by atoms with van der Waals surface area (Å²) < 4.78 is 43.9. The summed E-state index contributed by atoms with van der Waals surface area (Å²) in [5.74, 6) is -0.797. The van der Waals surface area contributed by atoms with E-state index in [1.54, 1.807) is 20.8 Å². The molecule has 0 aromatic rings. The zero-order valence-electron chi connectivity index (χ0n) is 13.8. The third-order valence-electron chi connectivity index (χ3n) is 2.01. The van der Waals surface area contributed by atoms with E-state index in [0.717, 1.165) is 13.1 Å². The minimum Gasteiger partial charge on any atom is -0.460 e. The lowest BCUT2D eigenvalue weighted by molar-refractivity contribution is -0.153. The molecule has 128 valence electrons. The van der Waals surface area contributed by atoms with Crippen LogP contribution in [0, 0.1) is 0 Å². The van der Waals surface area contributed by atoms with Gasteiger partial charge in [-0.15, -0.1) is 0 Å². The topological polar surface area (TPSA) is 38.7 Å². The van der Waals surface area contributed by atoms with Crippen LogP contribution in [0.4, 0.5) is 13.2 Å². The molecule has 0 N–H and O–H groups in total. The van der Waals surface area contributed by atoms with E-state index in [9.17, 15) is 18.0 Å². The highest BCUT2D eigenvalue weighted by atomic mass is 35.5. The summed E-state index contributed by atoms with van der Waals surface area (Å²) >= 11 is 5.48. The first kappa shape index (κ1) is 23.0.